The summed E-state index contributed by atoms with van der Waals surface area (Å²) < 4.78 is 7.69. The predicted molar refractivity (Wildman–Crippen MR) is 99.0 cm³/mol. The van der Waals surface area contributed by atoms with E-state index in [9.17, 15) is 4.79 Å². The van der Waals surface area contributed by atoms with Crippen molar-refractivity contribution in [2.24, 2.45) is 0 Å². The van der Waals surface area contributed by atoms with Crippen molar-refractivity contribution in [2.45, 2.75) is 6.92 Å². The summed E-state index contributed by atoms with van der Waals surface area (Å²) in [5, 5.41) is 1.27. The first-order valence-corrected chi connectivity index (χ1v) is 8.30. The lowest BCUT2D eigenvalue weighted by Gasteiger charge is -2.12. The molecule has 24 heavy (non-hydrogen) atoms. The number of hydrogen-bond acceptors (Lipinski definition) is 4. The van der Waals surface area contributed by atoms with Crippen LogP contribution >= 0.6 is 27.5 Å². The number of aryl methyl sites for hydroxylation is 1. The number of pyridine rings is 2. The molecule has 0 atom stereocenters. The van der Waals surface area contributed by atoms with Gasteiger partial charge in [0.2, 0.25) is 0 Å². The molecule has 0 fully saturated rings. The van der Waals surface area contributed by atoms with E-state index in [-0.39, 0.29) is 15.7 Å². The minimum absolute atomic E-state index is 0.253. The summed E-state index contributed by atoms with van der Waals surface area (Å²) in [5.74, 6) is 0. The van der Waals surface area contributed by atoms with E-state index in [0.29, 0.717) is 33.1 Å². The average Bonchev–Trinajstić information content (AvgIpc) is 2.93. The van der Waals surface area contributed by atoms with Crippen LogP contribution in [0.5, 0.6) is 0 Å². The van der Waals surface area contributed by atoms with Gasteiger partial charge < -0.3 is 10.2 Å². The number of aromatic nitrogens is 2. The Balaban J connectivity index is 2.32. The first kappa shape index (κ1) is 15.2. The van der Waals surface area contributed by atoms with E-state index in [1.165, 1.54) is 0 Å². The smallest absolute Gasteiger partial charge is 0.272 e. The summed E-state index contributed by atoms with van der Waals surface area (Å²) in [5.41, 5.74) is 9.08. The van der Waals surface area contributed by atoms with Crippen LogP contribution < -0.4 is 11.3 Å². The van der Waals surface area contributed by atoms with Gasteiger partial charge in [-0.1, -0.05) is 11.6 Å². The third kappa shape index (κ3) is 2.07. The highest BCUT2D eigenvalue weighted by Gasteiger charge is 2.21. The van der Waals surface area contributed by atoms with Crippen molar-refractivity contribution in [2.75, 3.05) is 5.73 Å². The zero-order valence-corrected chi connectivity index (χ0v) is 14.9. The van der Waals surface area contributed by atoms with Gasteiger partial charge in [-0.3, -0.25) is 14.3 Å². The van der Waals surface area contributed by atoms with Crippen molar-refractivity contribution in [3.8, 4) is 5.69 Å². The first-order chi connectivity index (χ1) is 11.5. The second-order valence-electron chi connectivity index (χ2n) is 5.40. The van der Waals surface area contributed by atoms with Gasteiger partial charge in [-0.15, -0.1) is 0 Å². The molecule has 4 rings (SSSR count). The van der Waals surface area contributed by atoms with Crippen molar-refractivity contribution in [3.63, 3.8) is 0 Å². The van der Waals surface area contributed by atoms with E-state index in [1.54, 1.807) is 35.0 Å². The number of halogens is 2. The molecular weight excluding hydrogens is 394 g/mol. The maximum absolute atomic E-state index is 12.9. The Morgan fingerprint density at radius 2 is 2.12 bits per heavy atom. The summed E-state index contributed by atoms with van der Waals surface area (Å²) >= 11 is 9.41. The summed E-state index contributed by atoms with van der Waals surface area (Å²) in [6.45, 7) is 1.84. The van der Waals surface area contributed by atoms with Crippen LogP contribution in [0.4, 0.5) is 5.69 Å². The fraction of sp³-hybridized carbons (Fsp3) is 0.0588. The molecule has 0 spiro atoms. The summed E-state index contributed by atoms with van der Waals surface area (Å²) in [6, 6.07) is 8.86. The van der Waals surface area contributed by atoms with Crippen molar-refractivity contribution >= 4 is 55.3 Å². The molecule has 0 bridgehead atoms. The summed E-state index contributed by atoms with van der Waals surface area (Å²) in [4.78, 5) is 17.2. The number of nitrogen functional groups attached to an aromatic ring is 1. The van der Waals surface area contributed by atoms with Gasteiger partial charge in [0.1, 0.15) is 15.6 Å². The van der Waals surface area contributed by atoms with Gasteiger partial charge in [0, 0.05) is 16.6 Å². The predicted octanol–water partition coefficient (Wildman–Crippen LogP) is 4.44. The van der Waals surface area contributed by atoms with E-state index in [2.05, 4.69) is 20.9 Å². The Morgan fingerprint density at radius 1 is 1.33 bits per heavy atom. The molecule has 0 aliphatic rings. The van der Waals surface area contributed by atoms with E-state index in [1.807, 2.05) is 13.0 Å². The largest absolute Gasteiger partial charge is 0.452 e. The topological polar surface area (TPSA) is 74.0 Å². The van der Waals surface area contributed by atoms with Crippen LogP contribution in [0.25, 0.3) is 27.8 Å². The summed E-state index contributed by atoms with van der Waals surface area (Å²) in [6.07, 6.45) is 1.68. The summed E-state index contributed by atoms with van der Waals surface area (Å²) in [7, 11) is 0. The van der Waals surface area contributed by atoms with Crippen LogP contribution in [0.1, 0.15) is 5.69 Å². The first-order valence-electron chi connectivity index (χ1n) is 7.13. The average molecular weight is 405 g/mol. The van der Waals surface area contributed by atoms with Crippen LogP contribution in [0.2, 0.25) is 5.02 Å². The van der Waals surface area contributed by atoms with Crippen LogP contribution in [-0.4, -0.2) is 9.55 Å². The molecule has 2 N–H and O–H groups in total. The fourth-order valence-electron chi connectivity index (χ4n) is 2.82. The lowest BCUT2D eigenvalue weighted by molar-refractivity contribution is 0.668. The minimum atomic E-state index is -0.279. The number of anilines is 1. The molecule has 0 radical (unpaired) electrons. The third-order valence-electron chi connectivity index (χ3n) is 3.94. The Morgan fingerprint density at radius 3 is 2.88 bits per heavy atom. The number of benzene rings is 1. The van der Waals surface area contributed by atoms with Crippen molar-refractivity contribution in [1.82, 2.24) is 9.55 Å². The molecule has 7 heteroatoms. The molecule has 3 heterocycles. The molecule has 120 valence electrons. The number of rotatable bonds is 1. The molecule has 0 unspecified atom stereocenters. The Labute approximate surface area is 149 Å². The molecule has 3 aromatic heterocycles. The highest BCUT2D eigenvalue weighted by Crippen LogP contribution is 2.36. The number of fused-ring (bicyclic) bond motifs is 3. The molecule has 1 aromatic carbocycles. The van der Waals surface area contributed by atoms with Crippen molar-refractivity contribution < 1.29 is 4.42 Å². The van der Waals surface area contributed by atoms with Gasteiger partial charge in [-0.05, 0) is 53.2 Å². The molecule has 0 amide bonds. The molecule has 0 saturated carbocycles. The van der Waals surface area contributed by atoms with E-state index < -0.39 is 0 Å². The third-order valence-corrected chi connectivity index (χ3v) is 4.94. The molecule has 5 nitrogen and oxygen atoms in total. The van der Waals surface area contributed by atoms with Gasteiger partial charge in [0.25, 0.3) is 5.56 Å². The fourth-order valence-corrected chi connectivity index (χ4v) is 3.35. The standard InChI is InChI=1S/C17H11BrClN3O2/c1-8-11(3-2-6-21-8)22-15-10-7-9(19)4-5-12(10)24-16(15)14(20)13(18)17(22)23/h2-7H,20H2,1H3. The Kier molecular flexibility index (Phi) is 3.40. The van der Waals surface area contributed by atoms with Gasteiger partial charge in [0.15, 0.2) is 5.58 Å². The van der Waals surface area contributed by atoms with Crippen LogP contribution in [0.3, 0.4) is 0 Å². The zero-order chi connectivity index (χ0) is 17.0. The number of furan rings is 1. The lowest BCUT2D eigenvalue weighted by atomic mass is 10.2. The van der Waals surface area contributed by atoms with Gasteiger partial charge >= 0.3 is 0 Å². The second-order valence-corrected chi connectivity index (χ2v) is 6.63. The molecule has 4 aromatic rings. The van der Waals surface area contributed by atoms with E-state index >= 15 is 0 Å². The van der Waals surface area contributed by atoms with Gasteiger partial charge in [-0.2, -0.15) is 0 Å². The highest BCUT2D eigenvalue weighted by atomic mass is 79.9. The highest BCUT2D eigenvalue weighted by molar-refractivity contribution is 9.10. The Bertz CT molecular complexity index is 1180. The van der Waals surface area contributed by atoms with Gasteiger partial charge in [-0.25, -0.2) is 0 Å². The molecule has 0 aliphatic carbocycles. The molecule has 0 aliphatic heterocycles. The molecule has 0 saturated heterocycles. The zero-order valence-electron chi connectivity index (χ0n) is 12.5. The SMILES string of the molecule is Cc1ncccc1-n1c(=O)c(Br)c(N)c2oc3ccc(Cl)cc3c21. The maximum atomic E-state index is 12.9. The van der Waals surface area contributed by atoms with Crippen molar-refractivity contribution in [3.05, 3.63) is 62.1 Å². The number of hydrogen-bond donors (Lipinski definition) is 1. The van der Waals surface area contributed by atoms with Crippen molar-refractivity contribution in [1.29, 1.82) is 0 Å². The number of nitrogens with zero attached hydrogens (tertiary/aromatic N) is 2. The van der Waals surface area contributed by atoms with Crippen LogP contribution in [-0.2, 0) is 0 Å². The number of nitrogens with two attached hydrogens (primary N) is 1. The molecular formula is C17H11BrClN3O2. The van der Waals surface area contributed by atoms with Crippen LogP contribution in [0.15, 0.2) is 50.2 Å². The maximum Gasteiger partial charge on any atom is 0.272 e. The van der Waals surface area contributed by atoms with Gasteiger partial charge in [0.05, 0.1) is 17.1 Å². The quantitative estimate of drug-likeness (QED) is 0.509. The van der Waals surface area contributed by atoms with E-state index in [4.69, 9.17) is 21.8 Å². The normalized spacial score (nSPS) is 11.5. The Hall–Kier alpha value is -2.31. The lowest BCUT2D eigenvalue weighted by Crippen LogP contribution is -2.21. The monoisotopic (exact) mass is 403 g/mol. The minimum Gasteiger partial charge on any atom is -0.452 e. The second kappa shape index (κ2) is 5.36. The van der Waals surface area contributed by atoms with E-state index in [0.717, 1.165) is 5.39 Å². The van der Waals surface area contributed by atoms with Crippen LogP contribution in [0, 0.1) is 6.92 Å².